The minimum atomic E-state index is 0.284. The topological polar surface area (TPSA) is 98.4 Å². The van der Waals surface area contributed by atoms with Crippen LogP contribution < -0.4 is 20.9 Å². The number of hydrogen-bond acceptors (Lipinski definition) is 8. The van der Waals surface area contributed by atoms with E-state index in [0.717, 1.165) is 19.4 Å². The van der Waals surface area contributed by atoms with Crippen molar-refractivity contribution in [3.05, 3.63) is 0 Å². The molecule has 2 heterocycles. The lowest BCUT2D eigenvalue weighted by Crippen LogP contribution is -2.44. The van der Waals surface area contributed by atoms with Crippen LogP contribution in [0.1, 0.15) is 26.7 Å². The molecule has 0 bridgehead atoms. The van der Waals surface area contributed by atoms with E-state index in [9.17, 15) is 0 Å². The van der Waals surface area contributed by atoms with Gasteiger partial charge in [-0.1, -0.05) is 0 Å². The normalized spacial score (nSPS) is 22.7. The lowest BCUT2D eigenvalue weighted by atomic mass is 10.0. The zero-order valence-electron chi connectivity index (χ0n) is 12.2. The summed E-state index contributed by atoms with van der Waals surface area (Å²) in [5.74, 6) is 6.28. The molecule has 3 N–H and O–H groups in total. The Morgan fingerprint density at radius 3 is 2.80 bits per heavy atom. The summed E-state index contributed by atoms with van der Waals surface area (Å²) in [6, 6.07) is 0.572. The highest BCUT2D eigenvalue weighted by molar-refractivity contribution is 5.39. The van der Waals surface area contributed by atoms with Crippen LogP contribution in [0.15, 0.2) is 0 Å². The fourth-order valence-corrected chi connectivity index (χ4v) is 2.37. The lowest BCUT2D eigenvalue weighted by molar-refractivity contribution is 0.0717. The number of hydrogen-bond donors (Lipinski definition) is 2. The van der Waals surface area contributed by atoms with Crippen LogP contribution in [0.2, 0.25) is 0 Å². The van der Waals surface area contributed by atoms with Crippen molar-refractivity contribution in [1.82, 2.24) is 15.0 Å². The Morgan fingerprint density at radius 1 is 1.40 bits per heavy atom. The first-order valence-electron chi connectivity index (χ1n) is 6.82. The first-order valence-corrected chi connectivity index (χ1v) is 6.82. The summed E-state index contributed by atoms with van der Waals surface area (Å²) in [6.45, 7) is 5.34. The molecule has 1 aromatic rings. The summed E-state index contributed by atoms with van der Waals surface area (Å²) in [4.78, 5) is 14.8. The van der Waals surface area contributed by atoms with Crippen LogP contribution >= 0.6 is 0 Å². The maximum atomic E-state index is 5.42. The van der Waals surface area contributed by atoms with E-state index < -0.39 is 0 Å². The summed E-state index contributed by atoms with van der Waals surface area (Å²) in [5.41, 5.74) is 2.45. The molecule has 20 heavy (non-hydrogen) atoms. The number of nitrogens with zero attached hydrogens (tertiary/aromatic N) is 4. The first-order chi connectivity index (χ1) is 9.67. The molecule has 0 radical (unpaired) electrons. The maximum Gasteiger partial charge on any atom is 0.323 e. The third kappa shape index (κ3) is 3.26. The maximum absolute atomic E-state index is 5.42. The number of anilines is 2. The van der Waals surface area contributed by atoms with E-state index in [1.54, 1.807) is 7.11 Å². The van der Waals surface area contributed by atoms with Gasteiger partial charge >= 0.3 is 6.01 Å². The van der Waals surface area contributed by atoms with Crippen LogP contribution in [0.3, 0.4) is 0 Å². The van der Waals surface area contributed by atoms with Crippen molar-refractivity contribution in [1.29, 1.82) is 0 Å². The van der Waals surface area contributed by atoms with E-state index in [1.165, 1.54) is 0 Å². The minimum Gasteiger partial charge on any atom is -0.464 e. The zero-order chi connectivity index (χ0) is 14.5. The molecule has 0 spiro atoms. The van der Waals surface area contributed by atoms with Gasteiger partial charge in [-0.05, 0) is 26.7 Å². The number of nitrogen functional groups attached to an aromatic ring is 1. The van der Waals surface area contributed by atoms with Crippen LogP contribution in [0.5, 0.6) is 6.01 Å². The second-order valence-electron chi connectivity index (χ2n) is 4.74. The molecule has 2 unspecified atom stereocenters. The van der Waals surface area contributed by atoms with Gasteiger partial charge in [-0.15, -0.1) is 0 Å². The van der Waals surface area contributed by atoms with E-state index >= 15 is 0 Å². The number of aromatic nitrogens is 3. The van der Waals surface area contributed by atoms with E-state index in [4.69, 9.17) is 15.3 Å². The minimum absolute atomic E-state index is 0.284. The number of piperidine rings is 1. The molecule has 0 saturated carbocycles. The van der Waals surface area contributed by atoms with Gasteiger partial charge in [-0.3, -0.25) is 5.43 Å². The number of methoxy groups -OCH3 is 1. The van der Waals surface area contributed by atoms with E-state index in [1.807, 2.05) is 6.92 Å². The number of ether oxygens (including phenoxy) is 2. The molecule has 8 nitrogen and oxygen atoms in total. The molecule has 2 atom stereocenters. The Kier molecular flexibility index (Phi) is 4.91. The molecule has 1 aliphatic rings. The molecule has 0 aliphatic carbocycles. The van der Waals surface area contributed by atoms with E-state index in [2.05, 4.69) is 32.2 Å². The molecule has 0 amide bonds. The van der Waals surface area contributed by atoms with Crippen LogP contribution in [0.25, 0.3) is 0 Å². The number of nitrogens with one attached hydrogen (secondary N) is 1. The van der Waals surface area contributed by atoms with E-state index in [-0.39, 0.29) is 12.1 Å². The standard InChI is InChI=1S/C12H22N6O2/c1-4-20-12-15-10(17-13)14-11(16-12)18-6-5-9(19-3)7-8(18)2/h8-9H,4-7,13H2,1-3H3,(H,14,15,16,17). The van der Waals surface area contributed by atoms with Gasteiger partial charge in [-0.25, -0.2) is 5.84 Å². The largest absolute Gasteiger partial charge is 0.464 e. The average molecular weight is 282 g/mol. The van der Waals surface area contributed by atoms with Crippen LogP contribution in [-0.4, -0.2) is 47.4 Å². The Hall–Kier alpha value is -1.67. The monoisotopic (exact) mass is 282 g/mol. The highest BCUT2D eigenvalue weighted by Gasteiger charge is 2.27. The summed E-state index contributed by atoms with van der Waals surface area (Å²) >= 11 is 0. The SMILES string of the molecule is CCOc1nc(NN)nc(N2CCC(OC)CC2C)n1. The van der Waals surface area contributed by atoms with Crippen molar-refractivity contribution in [3.8, 4) is 6.01 Å². The summed E-state index contributed by atoms with van der Waals surface area (Å²) in [6.07, 6.45) is 2.18. The summed E-state index contributed by atoms with van der Waals surface area (Å²) in [5, 5.41) is 0. The van der Waals surface area contributed by atoms with Gasteiger partial charge < -0.3 is 14.4 Å². The molecular formula is C12H22N6O2. The highest BCUT2D eigenvalue weighted by Crippen LogP contribution is 2.24. The molecular weight excluding hydrogens is 260 g/mol. The molecule has 112 valence electrons. The van der Waals surface area contributed by atoms with Gasteiger partial charge in [0.15, 0.2) is 0 Å². The van der Waals surface area contributed by atoms with Crippen LogP contribution in [0, 0.1) is 0 Å². The van der Waals surface area contributed by atoms with Gasteiger partial charge in [0.2, 0.25) is 11.9 Å². The van der Waals surface area contributed by atoms with Gasteiger partial charge in [0.25, 0.3) is 0 Å². The zero-order valence-corrected chi connectivity index (χ0v) is 12.2. The number of rotatable bonds is 5. The van der Waals surface area contributed by atoms with Crippen LogP contribution in [0.4, 0.5) is 11.9 Å². The third-order valence-electron chi connectivity index (χ3n) is 3.42. The van der Waals surface area contributed by atoms with Crippen molar-refractivity contribution in [2.75, 3.05) is 30.6 Å². The predicted octanol–water partition coefficient (Wildman–Crippen LogP) is 0.560. The van der Waals surface area contributed by atoms with Gasteiger partial charge in [0.05, 0.1) is 12.7 Å². The molecule has 1 aliphatic heterocycles. The Morgan fingerprint density at radius 2 is 2.20 bits per heavy atom. The van der Waals surface area contributed by atoms with Gasteiger partial charge in [-0.2, -0.15) is 15.0 Å². The van der Waals surface area contributed by atoms with Crippen molar-refractivity contribution >= 4 is 11.9 Å². The smallest absolute Gasteiger partial charge is 0.323 e. The first kappa shape index (κ1) is 14.7. The summed E-state index contributed by atoms with van der Waals surface area (Å²) in [7, 11) is 1.75. The fourth-order valence-electron chi connectivity index (χ4n) is 2.37. The van der Waals surface area contributed by atoms with Crippen LogP contribution in [-0.2, 0) is 4.74 Å². The molecule has 8 heteroatoms. The number of nitrogens with two attached hydrogens (primary N) is 1. The van der Waals surface area contributed by atoms with Crippen molar-refractivity contribution in [2.24, 2.45) is 5.84 Å². The van der Waals surface area contributed by atoms with Crippen molar-refractivity contribution < 1.29 is 9.47 Å². The Bertz CT molecular complexity index is 444. The lowest BCUT2D eigenvalue weighted by Gasteiger charge is -2.37. The quantitative estimate of drug-likeness (QED) is 0.597. The third-order valence-corrected chi connectivity index (χ3v) is 3.42. The molecule has 2 rings (SSSR count). The Labute approximate surface area is 118 Å². The van der Waals surface area contributed by atoms with Crippen molar-refractivity contribution in [2.45, 2.75) is 38.8 Å². The van der Waals surface area contributed by atoms with E-state index in [0.29, 0.717) is 24.6 Å². The highest BCUT2D eigenvalue weighted by atomic mass is 16.5. The second kappa shape index (κ2) is 6.67. The second-order valence-corrected chi connectivity index (χ2v) is 4.74. The average Bonchev–Trinajstić information content (AvgIpc) is 2.47. The number of hydrazine groups is 1. The Balaban J connectivity index is 2.20. The molecule has 1 aromatic heterocycles. The van der Waals surface area contributed by atoms with Gasteiger partial charge in [0.1, 0.15) is 0 Å². The molecule has 0 aromatic carbocycles. The van der Waals surface area contributed by atoms with Gasteiger partial charge in [0, 0.05) is 19.7 Å². The molecule has 1 fully saturated rings. The fraction of sp³-hybridized carbons (Fsp3) is 0.750. The predicted molar refractivity (Wildman–Crippen MR) is 75.6 cm³/mol. The van der Waals surface area contributed by atoms with Crippen molar-refractivity contribution in [3.63, 3.8) is 0 Å². The molecule has 1 saturated heterocycles. The summed E-state index contributed by atoms with van der Waals surface area (Å²) < 4.78 is 10.8.